The van der Waals surface area contributed by atoms with E-state index in [1.807, 2.05) is 30.5 Å². The van der Waals surface area contributed by atoms with Gasteiger partial charge in [0.2, 0.25) is 5.91 Å². The lowest BCUT2D eigenvalue weighted by atomic mass is 10.1. The Bertz CT molecular complexity index is 770. The van der Waals surface area contributed by atoms with Crippen LogP contribution in [0.2, 0.25) is 0 Å². The normalized spacial score (nSPS) is 21.8. The zero-order valence-corrected chi connectivity index (χ0v) is 15.2. The van der Waals surface area contributed by atoms with E-state index < -0.39 is 0 Å². The van der Waals surface area contributed by atoms with Gasteiger partial charge in [0.15, 0.2) is 5.78 Å². The molecular formula is C19H20N2O4S. The van der Waals surface area contributed by atoms with Crippen molar-refractivity contribution in [3.63, 3.8) is 0 Å². The first kappa shape index (κ1) is 18.3. The molecule has 2 aliphatic heterocycles. The lowest BCUT2D eigenvalue weighted by molar-refractivity contribution is -0.122. The predicted octanol–water partition coefficient (Wildman–Crippen LogP) is 2.35. The quantitative estimate of drug-likeness (QED) is 0.764. The van der Waals surface area contributed by atoms with E-state index in [2.05, 4.69) is 17.6 Å². The molecule has 0 radical (unpaired) electrons. The average molecular weight is 372 g/mol. The number of carbonyl (C=O) groups is 3. The zero-order valence-electron chi connectivity index (χ0n) is 14.4. The number of thioether (sulfide) groups is 1. The third kappa shape index (κ3) is 4.54. The van der Waals surface area contributed by atoms with Crippen LogP contribution in [0.1, 0.15) is 18.9 Å². The maximum Gasteiger partial charge on any atom is 0.286 e. The molecule has 26 heavy (non-hydrogen) atoms. The smallest absolute Gasteiger partial charge is 0.286 e. The number of imide groups is 1. The third-order valence-electron chi connectivity index (χ3n) is 4.20. The summed E-state index contributed by atoms with van der Waals surface area (Å²) in [6.07, 6.45) is 7.06. The van der Waals surface area contributed by atoms with Crippen LogP contribution in [-0.2, 0) is 16.0 Å². The molecule has 2 aliphatic rings. The summed E-state index contributed by atoms with van der Waals surface area (Å²) in [6.45, 7) is 2.04. The van der Waals surface area contributed by atoms with E-state index in [0.717, 1.165) is 29.3 Å². The van der Waals surface area contributed by atoms with Crippen LogP contribution in [0.5, 0.6) is 5.75 Å². The van der Waals surface area contributed by atoms with Gasteiger partial charge in [0.25, 0.3) is 5.24 Å². The monoisotopic (exact) mass is 372 g/mol. The minimum absolute atomic E-state index is 0.0218. The Morgan fingerprint density at radius 1 is 1.23 bits per heavy atom. The number of benzene rings is 1. The Balaban J connectivity index is 1.48. The van der Waals surface area contributed by atoms with Gasteiger partial charge >= 0.3 is 0 Å². The van der Waals surface area contributed by atoms with Gasteiger partial charge in [-0.25, -0.2) is 0 Å². The molecule has 2 atom stereocenters. The van der Waals surface area contributed by atoms with E-state index in [0.29, 0.717) is 12.2 Å². The first-order valence-corrected chi connectivity index (χ1v) is 9.32. The highest BCUT2D eigenvalue weighted by molar-refractivity contribution is 8.15. The van der Waals surface area contributed by atoms with Crippen LogP contribution >= 0.6 is 11.8 Å². The zero-order chi connectivity index (χ0) is 18.5. The van der Waals surface area contributed by atoms with Crippen molar-refractivity contribution in [2.75, 3.05) is 6.61 Å². The second-order valence-corrected chi connectivity index (χ2v) is 7.24. The fourth-order valence-electron chi connectivity index (χ4n) is 2.65. The van der Waals surface area contributed by atoms with Crippen LogP contribution in [0.3, 0.4) is 0 Å². The van der Waals surface area contributed by atoms with Gasteiger partial charge in [-0.05, 0) is 36.1 Å². The Morgan fingerprint density at radius 2 is 2.00 bits per heavy atom. The minimum atomic E-state index is -0.388. The van der Waals surface area contributed by atoms with E-state index in [9.17, 15) is 14.4 Å². The highest BCUT2D eigenvalue weighted by Gasteiger charge is 2.31. The lowest BCUT2D eigenvalue weighted by Crippen LogP contribution is -2.36. The predicted molar refractivity (Wildman–Crippen MR) is 100 cm³/mol. The number of carbonyl (C=O) groups excluding carboxylic acids is 3. The molecule has 2 unspecified atom stereocenters. The number of nitrogens with one attached hydrogen (secondary N) is 2. The summed E-state index contributed by atoms with van der Waals surface area (Å²) in [4.78, 5) is 35.0. The number of Topliss-reactive ketones (excluding diaryl/α,β-unsaturated/α-hetero) is 1. The number of amides is 2. The van der Waals surface area contributed by atoms with Crippen molar-refractivity contribution >= 4 is 28.7 Å². The van der Waals surface area contributed by atoms with Crippen molar-refractivity contribution in [2.45, 2.75) is 31.1 Å². The van der Waals surface area contributed by atoms with Gasteiger partial charge in [0, 0.05) is 6.20 Å². The SMILES string of the molecule is CCC1=CNC(C(=O)COc2ccc(CC3SC(=O)NC3=O)cc2)C=C1. The van der Waals surface area contributed by atoms with E-state index >= 15 is 0 Å². The first-order valence-electron chi connectivity index (χ1n) is 8.44. The number of ether oxygens (including phenoxy) is 1. The van der Waals surface area contributed by atoms with Gasteiger partial charge in [0.1, 0.15) is 18.4 Å². The molecule has 6 nitrogen and oxygen atoms in total. The van der Waals surface area contributed by atoms with Crippen LogP contribution < -0.4 is 15.4 Å². The standard InChI is InChI=1S/C19H20N2O4S/c1-2-12-5-8-15(20-10-12)16(22)11-25-14-6-3-13(4-7-14)9-17-18(23)21-19(24)26-17/h3-8,10,15,17,20H,2,9,11H2,1H3,(H,21,23,24). The molecule has 0 aromatic heterocycles. The minimum Gasteiger partial charge on any atom is -0.486 e. The second-order valence-electron chi connectivity index (χ2n) is 6.06. The molecule has 2 amide bonds. The van der Waals surface area contributed by atoms with Gasteiger partial charge in [-0.15, -0.1) is 0 Å². The molecule has 2 N–H and O–H groups in total. The Hall–Kier alpha value is -2.54. The maximum absolute atomic E-state index is 12.2. The third-order valence-corrected chi connectivity index (χ3v) is 5.18. The Kier molecular flexibility index (Phi) is 5.78. The molecule has 0 spiro atoms. The van der Waals surface area contributed by atoms with E-state index in [1.165, 1.54) is 0 Å². The molecule has 7 heteroatoms. The molecule has 0 bridgehead atoms. The largest absolute Gasteiger partial charge is 0.486 e. The van der Waals surface area contributed by atoms with E-state index in [1.54, 1.807) is 12.1 Å². The Labute approximate surface area is 156 Å². The van der Waals surface area contributed by atoms with Gasteiger partial charge < -0.3 is 10.1 Å². The average Bonchev–Trinajstić information content (AvgIpc) is 2.98. The fraction of sp³-hybridized carbons (Fsp3) is 0.316. The maximum atomic E-state index is 12.2. The highest BCUT2D eigenvalue weighted by Crippen LogP contribution is 2.23. The van der Waals surface area contributed by atoms with Gasteiger partial charge in [0.05, 0.1) is 5.25 Å². The number of hydrogen-bond acceptors (Lipinski definition) is 6. The van der Waals surface area contributed by atoms with Gasteiger partial charge in [-0.3, -0.25) is 19.7 Å². The number of allylic oxidation sites excluding steroid dienone is 2. The first-order chi connectivity index (χ1) is 12.5. The molecule has 2 heterocycles. The van der Waals surface area contributed by atoms with Crippen LogP contribution in [0.15, 0.2) is 48.2 Å². The molecule has 0 saturated carbocycles. The number of dihydropyridines is 1. The van der Waals surface area contributed by atoms with Crippen LogP contribution in [-0.4, -0.2) is 34.8 Å². The highest BCUT2D eigenvalue weighted by atomic mass is 32.2. The van der Waals surface area contributed by atoms with Crippen molar-refractivity contribution < 1.29 is 19.1 Å². The number of hydrogen-bond donors (Lipinski definition) is 2. The molecule has 1 fully saturated rings. The number of rotatable bonds is 7. The molecule has 1 saturated heterocycles. The summed E-state index contributed by atoms with van der Waals surface area (Å²) >= 11 is 1.01. The van der Waals surface area contributed by atoms with E-state index in [-0.39, 0.29) is 34.8 Å². The Morgan fingerprint density at radius 3 is 2.58 bits per heavy atom. The fourth-order valence-corrected chi connectivity index (χ4v) is 3.51. The number of ketones is 1. The molecule has 1 aromatic rings. The van der Waals surface area contributed by atoms with E-state index in [4.69, 9.17) is 4.74 Å². The summed E-state index contributed by atoms with van der Waals surface area (Å²) in [6, 6.07) is 6.85. The topological polar surface area (TPSA) is 84.5 Å². The second kappa shape index (κ2) is 8.23. The van der Waals surface area contributed by atoms with Crippen LogP contribution in [0.25, 0.3) is 0 Å². The molecular weight excluding hydrogens is 352 g/mol. The van der Waals surface area contributed by atoms with Crippen molar-refractivity contribution in [3.05, 3.63) is 53.8 Å². The summed E-state index contributed by atoms with van der Waals surface area (Å²) in [5, 5.41) is 4.65. The summed E-state index contributed by atoms with van der Waals surface area (Å²) in [7, 11) is 0. The summed E-state index contributed by atoms with van der Waals surface area (Å²) < 4.78 is 5.55. The van der Waals surface area contributed by atoms with Crippen LogP contribution in [0, 0.1) is 0 Å². The van der Waals surface area contributed by atoms with Crippen molar-refractivity contribution in [3.8, 4) is 5.75 Å². The van der Waals surface area contributed by atoms with Gasteiger partial charge in [-0.2, -0.15) is 0 Å². The van der Waals surface area contributed by atoms with Crippen LogP contribution in [0.4, 0.5) is 4.79 Å². The van der Waals surface area contributed by atoms with Gasteiger partial charge in [-0.1, -0.05) is 43.0 Å². The van der Waals surface area contributed by atoms with Crippen molar-refractivity contribution in [1.29, 1.82) is 0 Å². The summed E-state index contributed by atoms with van der Waals surface area (Å²) in [5.74, 6) is 0.291. The van der Waals surface area contributed by atoms with Crippen molar-refractivity contribution in [1.82, 2.24) is 10.6 Å². The molecule has 1 aromatic carbocycles. The lowest BCUT2D eigenvalue weighted by Gasteiger charge is -2.17. The van der Waals surface area contributed by atoms with Crippen molar-refractivity contribution in [2.24, 2.45) is 0 Å². The molecule has 3 rings (SSSR count). The summed E-state index contributed by atoms with van der Waals surface area (Å²) in [5.41, 5.74) is 2.08. The molecule has 136 valence electrons. The molecule has 0 aliphatic carbocycles.